The van der Waals surface area contributed by atoms with Crippen molar-refractivity contribution in [3.8, 4) is 0 Å². The maximum absolute atomic E-state index is 11.1. The van der Waals surface area contributed by atoms with Gasteiger partial charge in [0.25, 0.3) is 0 Å². The van der Waals surface area contributed by atoms with Gasteiger partial charge in [-0.3, -0.25) is 0 Å². The number of halogens is 1. The number of anilines is 1. The lowest BCUT2D eigenvalue weighted by Gasteiger charge is -2.13. The Hall–Kier alpha value is -1.07. The highest BCUT2D eigenvalue weighted by Crippen LogP contribution is 2.22. The van der Waals surface area contributed by atoms with E-state index in [1.165, 1.54) is 0 Å². The van der Waals surface area contributed by atoms with Crippen molar-refractivity contribution in [2.75, 3.05) is 18.5 Å². The van der Waals surface area contributed by atoms with Gasteiger partial charge in [0.1, 0.15) is 0 Å². The lowest BCUT2D eigenvalue weighted by atomic mass is 10.1. The average Bonchev–Trinajstić information content (AvgIpc) is 2.82. The third-order valence-electron chi connectivity index (χ3n) is 3.02. The lowest BCUT2D eigenvalue weighted by Crippen LogP contribution is -2.14. The zero-order valence-electron chi connectivity index (χ0n) is 9.99. The Labute approximate surface area is 114 Å². The largest absolute Gasteiger partial charge is 0.478 e. The van der Waals surface area contributed by atoms with Crippen molar-refractivity contribution in [1.29, 1.82) is 0 Å². The molecule has 0 amide bonds. The quantitative estimate of drug-likeness (QED) is 0.877. The maximum Gasteiger partial charge on any atom is 0.337 e. The van der Waals surface area contributed by atoms with Crippen LogP contribution in [-0.4, -0.2) is 30.3 Å². The number of nitrogens with one attached hydrogen (secondary N) is 1. The molecule has 5 heteroatoms. The molecule has 1 saturated heterocycles. The van der Waals surface area contributed by atoms with Crippen molar-refractivity contribution in [2.24, 2.45) is 0 Å². The fraction of sp³-hybridized carbons (Fsp3) is 0.462. The molecular weight excluding hydrogens is 298 g/mol. The van der Waals surface area contributed by atoms with E-state index < -0.39 is 5.97 Å². The molecule has 0 aromatic heterocycles. The summed E-state index contributed by atoms with van der Waals surface area (Å²) in [6, 6.07) is 5.12. The topological polar surface area (TPSA) is 58.6 Å². The van der Waals surface area contributed by atoms with E-state index in [1.807, 2.05) is 0 Å². The van der Waals surface area contributed by atoms with Gasteiger partial charge in [0.05, 0.1) is 11.7 Å². The van der Waals surface area contributed by atoms with E-state index in [9.17, 15) is 4.79 Å². The van der Waals surface area contributed by atoms with Crippen LogP contribution in [0.5, 0.6) is 0 Å². The fourth-order valence-corrected chi connectivity index (χ4v) is 2.45. The minimum absolute atomic E-state index is 0.297. The molecule has 1 aromatic rings. The van der Waals surface area contributed by atoms with Crippen molar-refractivity contribution < 1.29 is 14.6 Å². The second-order valence-electron chi connectivity index (χ2n) is 4.35. The van der Waals surface area contributed by atoms with E-state index in [-0.39, 0.29) is 0 Å². The monoisotopic (exact) mass is 313 g/mol. The first-order chi connectivity index (χ1) is 8.66. The maximum atomic E-state index is 11.1. The van der Waals surface area contributed by atoms with Crippen LogP contribution in [0.15, 0.2) is 22.7 Å². The van der Waals surface area contributed by atoms with Crippen molar-refractivity contribution >= 4 is 27.6 Å². The summed E-state index contributed by atoms with van der Waals surface area (Å²) in [6.45, 7) is 1.57. The summed E-state index contributed by atoms with van der Waals surface area (Å²) in [5.41, 5.74) is 0.945. The number of benzene rings is 1. The fourth-order valence-electron chi connectivity index (χ4n) is 2.09. The number of carboxylic acids is 1. The normalized spacial score (nSPS) is 18.8. The standard InChI is InChI=1S/C13H16BrNO3/c14-9-3-4-11(13(16)17)12(8-9)15-6-5-10-2-1-7-18-10/h3-4,8,10,15H,1-2,5-7H2,(H,16,17). The first-order valence-corrected chi connectivity index (χ1v) is 6.84. The smallest absolute Gasteiger partial charge is 0.337 e. The third-order valence-corrected chi connectivity index (χ3v) is 3.51. The van der Waals surface area contributed by atoms with Gasteiger partial charge in [-0.15, -0.1) is 0 Å². The van der Waals surface area contributed by atoms with Crippen LogP contribution in [0.25, 0.3) is 0 Å². The number of ether oxygens (including phenoxy) is 1. The van der Waals surface area contributed by atoms with Crippen LogP contribution >= 0.6 is 15.9 Å². The molecule has 1 heterocycles. The van der Waals surface area contributed by atoms with Crippen LogP contribution in [0.4, 0.5) is 5.69 Å². The Bertz CT molecular complexity index is 430. The van der Waals surface area contributed by atoms with Crippen molar-refractivity contribution in [2.45, 2.75) is 25.4 Å². The molecule has 0 radical (unpaired) electrons. The molecule has 1 unspecified atom stereocenters. The Morgan fingerprint density at radius 1 is 1.56 bits per heavy atom. The summed E-state index contributed by atoms with van der Waals surface area (Å²) < 4.78 is 6.39. The van der Waals surface area contributed by atoms with Crippen LogP contribution < -0.4 is 5.32 Å². The van der Waals surface area contributed by atoms with E-state index >= 15 is 0 Å². The molecule has 0 aliphatic carbocycles. The van der Waals surface area contributed by atoms with Crippen LogP contribution in [0, 0.1) is 0 Å². The van der Waals surface area contributed by atoms with E-state index in [0.29, 0.717) is 17.4 Å². The van der Waals surface area contributed by atoms with Crippen molar-refractivity contribution in [1.82, 2.24) is 0 Å². The summed E-state index contributed by atoms with van der Waals surface area (Å²) in [6.07, 6.45) is 3.46. The predicted molar refractivity (Wildman–Crippen MR) is 73.2 cm³/mol. The number of hydrogen-bond donors (Lipinski definition) is 2. The summed E-state index contributed by atoms with van der Waals surface area (Å²) in [5, 5.41) is 12.3. The number of aromatic carboxylic acids is 1. The molecule has 98 valence electrons. The first kappa shape index (κ1) is 13.4. The van der Waals surface area contributed by atoms with E-state index in [2.05, 4.69) is 21.2 Å². The molecule has 1 aliphatic rings. The summed E-state index contributed by atoms with van der Waals surface area (Å²) in [7, 11) is 0. The molecule has 0 bridgehead atoms. The number of rotatable bonds is 5. The lowest BCUT2D eigenvalue weighted by molar-refractivity contribution is 0.0698. The van der Waals surface area contributed by atoms with Crippen molar-refractivity contribution in [3.63, 3.8) is 0 Å². The van der Waals surface area contributed by atoms with Crippen LogP contribution in [0.2, 0.25) is 0 Å². The van der Waals surface area contributed by atoms with Gasteiger partial charge in [-0.05, 0) is 37.5 Å². The van der Waals surface area contributed by atoms with Gasteiger partial charge in [-0.1, -0.05) is 15.9 Å². The Morgan fingerprint density at radius 3 is 3.06 bits per heavy atom. The average molecular weight is 314 g/mol. The molecule has 4 nitrogen and oxygen atoms in total. The summed E-state index contributed by atoms with van der Waals surface area (Å²) in [5.74, 6) is -0.915. The second kappa shape index (κ2) is 6.20. The van der Waals surface area contributed by atoms with Gasteiger partial charge in [-0.2, -0.15) is 0 Å². The molecule has 1 atom stereocenters. The minimum atomic E-state index is -0.915. The Kier molecular flexibility index (Phi) is 4.60. The molecular formula is C13H16BrNO3. The summed E-state index contributed by atoms with van der Waals surface area (Å²) >= 11 is 3.35. The van der Waals surface area contributed by atoms with E-state index in [0.717, 1.165) is 36.9 Å². The highest BCUT2D eigenvalue weighted by Gasteiger charge is 2.15. The van der Waals surface area contributed by atoms with Gasteiger partial charge in [-0.25, -0.2) is 4.79 Å². The Morgan fingerprint density at radius 2 is 2.39 bits per heavy atom. The zero-order chi connectivity index (χ0) is 13.0. The highest BCUT2D eigenvalue weighted by molar-refractivity contribution is 9.10. The van der Waals surface area contributed by atoms with Gasteiger partial charge in [0, 0.05) is 23.3 Å². The Balaban J connectivity index is 1.94. The highest BCUT2D eigenvalue weighted by atomic mass is 79.9. The van der Waals surface area contributed by atoms with Gasteiger partial charge in [0.15, 0.2) is 0 Å². The van der Waals surface area contributed by atoms with Crippen LogP contribution in [-0.2, 0) is 4.74 Å². The molecule has 1 aliphatic heterocycles. The summed E-state index contributed by atoms with van der Waals surface area (Å²) in [4.78, 5) is 11.1. The number of carbonyl (C=O) groups is 1. The molecule has 2 N–H and O–H groups in total. The molecule has 0 saturated carbocycles. The van der Waals surface area contributed by atoms with Gasteiger partial charge >= 0.3 is 5.97 Å². The molecule has 2 rings (SSSR count). The minimum Gasteiger partial charge on any atom is -0.478 e. The molecule has 1 aromatic carbocycles. The first-order valence-electron chi connectivity index (χ1n) is 6.05. The second-order valence-corrected chi connectivity index (χ2v) is 5.26. The zero-order valence-corrected chi connectivity index (χ0v) is 11.6. The number of carboxylic acid groups (broad SMARTS) is 1. The van der Waals surface area contributed by atoms with Crippen LogP contribution in [0.3, 0.4) is 0 Å². The van der Waals surface area contributed by atoms with Gasteiger partial charge < -0.3 is 15.2 Å². The number of hydrogen-bond acceptors (Lipinski definition) is 3. The molecule has 0 spiro atoms. The van der Waals surface area contributed by atoms with E-state index in [1.54, 1.807) is 18.2 Å². The van der Waals surface area contributed by atoms with Crippen LogP contribution in [0.1, 0.15) is 29.6 Å². The van der Waals surface area contributed by atoms with E-state index in [4.69, 9.17) is 9.84 Å². The van der Waals surface area contributed by atoms with Gasteiger partial charge in [0.2, 0.25) is 0 Å². The SMILES string of the molecule is O=C(O)c1ccc(Br)cc1NCCC1CCCO1. The molecule has 18 heavy (non-hydrogen) atoms. The third kappa shape index (κ3) is 3.46. The predicted octanol–water partition coefficient (Wildman–Crippen LogP) is 3.13. The molecule has 1 fully saturated rings. The van der Waals surface area contributed by atoms with Crippen molar-refractivity contribution in [3.05, 3.63) is 28.2 Å².